The van der Waals surface area contributed by atoms with Gasteiger partial charge in [-0.25, -0.2) is 4.98 Å². The van der Waals surface area contributed by atoms with Crippen LogP contribution in [0.2, 0.25) is 5.02 Å². The van der Waals surface area contributed by atoms with Gasteiger partial charge >= 0.3 is 0 Å². The van der Waals surface area contributed by atoms with Crippen molar-refractivity contribution < 1.29 is 0 Å². The summed E-state index contributed by atoms with van der Waals surface area (Å²) in [4.78, 5) is 7.45. The third-order valence-electron chi connectivity index (χ3n) is 2.83. The van der Waals surface area contributed by atoms with Gasteiger partial charge in [-0.1, -0.05) is 23.7 Å². The van der Waals surface area contributed by atoms with Crippen LogP contribution < -0.4 is 0 Å². The van der Waals surface area contributed by atoms with Gasteiger partial charge in [0.25, 0.3) is 0 Å². The zero-order valence-corrected chi connectivity index (χ0v) is 10.8. The predicted octanol–water partition coefficient (Wildman–Crippen LogP) is 3.94. The molecule has 3 heteroatoms. The quantitative estimate of drug-likeness (QED) is 0.798. The number of nitrogens with zero attached hydrogens (tertiary/aromatic N) is 1. The number of nitrogens with one attached hydrogen (secondary N) is 1. The van der Waals surface area contributed by atoms with Crippen molar-refractivity contribution in [3.8, 4) is 0 Å². The van der Waals surface area contributed by atoms with E-state index in [4.69, 9.17) is 11.6 Å². The highest BCUT2D eigenvalue weighted by Crippen LogP contribution is 2.12. The molecule has 0 saturated carbocycles. The van der Waals surface area contributed by atoms with Gasteiger partial charge in [0.2, 0.25) is 0 Å². The van der Waals surface area contributed by atoms with Gasteiger partial charge in [0, 0.05) is 16.9 Å². The molecular weight excluding hydrogens is 232 g/mol. The van der Waals surface area contributed by atoms with Crippen molar-refractivity contribution in [2.45, 2.75) is 32.6 Å². The van der Waals surface area contributed by atoms with Crippen molar-refractivity contribution in [1.82, 2.24) is 9.97 Å². The lowest BCUT2D eigenvalue weighted by atomic mass is 10.1. The Bertz CT molecular complexity index is 459. The molecule has 1 heterocycles. The highest BCUT2D eigenvalue weighted by Gasteiger charge is 1.98. The third kappa shape index (κ3) is 3.90. The molecule has 0 bridgehead atoms. The van der Waals surface area contributed by atoms with E-state index in [9.17, 15) is 0 Å². The number of aryl methyl sites for hydroxylation is 3. The summed E-state index contributed by atoms with van der Waals surface area (Å²) in [5, 5.41) is 0.807. The Hall–Kier alpha value is -1.28. The Morgan fingerprint density at radius 1 is 1.12 bits per heavy atom. The van der Waals surface area contributed by atoms with E-state index >= 15 is 0 Å². The second-order valence-corrected chi connectivity index (χ2v) is 4.76. The van der Waals surface area contributed by atoms with Gasteiger partial charge in [-0.05, 0) is 50.3 Å². The number of unbranched alkanes of at least 4 members (excludes halogenated alkanes) is 1. The number of H-pyrrole nitrogens is 1. The Kier molecular flexibility index (Phi) is 4.21. The SMILES string of the molecule is Cc1ncc(CCCCc2ccc(Cl)cc2)[nH]1. The summed E-state index contributed by atoms with van der Waals surface area (Å²) >= 11 is 5.84. The molecule has 1 aromatic heterocycles. The molecule has 1 N–H and O–H groups in total. The minimum atomic E-state index is 0.807. The molecule has 0 aliphatic carbocycles. The zero-order chi connectivity index (χ0) is 12.1. The fourth-order valence-corrected chi connectivity index (χ4v) is 2.02. The predicted molar refractivity (Wildman–Crippen MR) is 71.4 cm³/mol. The average Bonchev–Trinajstić information content (AvgIpc) is 2.73. The van der Waals surface area contributed by atoms with Gasteiger partial charge in [-0.3, -0.25) is 0 Å². The van der Waals surface area contributed by atoms with Crippen LogP contribution in [0.25, 0.3) is 0 Å². The molecule has 0 saturated heterocycles. The van der Waals surface area contributed by atoms with E-state index in [1.54, 1.807) is 0 Å². The van der Waals surface area contributed by atoms with E-state index < -0.39 is 0 Å². The van der Waals surface area contributed by atoms with Crippen molar-refractivity contribution in [1.29, 1.82) is 0 Å². The summed E-state index contributed by atoms with van der Waals surface area (Å²) in [5.41, 5.74) is 2.59. The number of aromatic amines is 1. The second kappa shape index (κ2) is 5.87. The summed E-state index contributed by atoms with van der Waals surface area (Å²) in [7, 11) is 0. The van der Waals surface area contributed by atoms with Crippen LogP contribution in [0.3, 0.4) is 0 Å². The molecule has 0 unspecified atom stereocenters. The first-order chi connectivity index (χ1) is 8.24. The van der Waals surface area contributed by atoms with Crippen LogP contribution in [-0.2, 0) is 12.8 Å². The summed E-state index contributed by atoms with van der Waals surface area (Å²) in [6, 6.07) is 8.11. The number of aromatic nitrogens is 2. The number of halogens is 1. The van der Waals surface area contributed by atoms with E-state index in [1.807, 2.05) is 25.3 Å². The maximum atomic E-state index is 5.84. The van der Waals surface area contributed by atoms with E-state index in [2.05, 4.69) is 22.1 Å². The highest BCUT2D eigenvalue weighted by molar-refractivity contribution is 6.30. The van der Waals surface area contributed by atoms with Gasteiger partial charge in [0.1, 0.15) is 5.82 Å². The molecule has 0 radical (unpaired) electrons. The number of rotatable bonds is 5. The summed E-state index contributed by atoms with van der Waals surface area (Å²) in [6.45, 7) is 1.98. The van der Waals surface area contributed by atoms with Crippen LogP contribution in [-0.4, -0.2) is 9.97 Å². The summed E-state index contributed by atoms with van der Waals surface area (Å²) < 4.78 is 0. The minimum absolute atomic E-state index is 0.807. The van der Waals surface area contributed by atoms with Crippen LogP contribution in [0.5, 0.6) is 0 Å². The van der Waals surface area contributed by atoms with Crippen LogP contribution in [0.15, 0.2) is 30.5 Å². The molecule has 2 rings (SSSR count). The monoisotopic (exact) mass is 248 g/mol. The Labute approximate surface area is 107 Å². The smallest absolute Gasteiger partial charge is 0.103 e. The first-order valence-electron chi connectivity index (χ1n) is 5.99. The molecule has 0 atom stereocenters. The molecule has 0 fully saturated rings. The molecule has 2 aromatic rings. The molecule has 0 aliphatic rings. The fraction of sp³-hybridized carbons (Fsp3) is 0.357. The van der Waals surface area contributed by atoms with Crippen molar-refractivity contribution in [2.24, 2.45) is 0 Å². The fourth-order valence-electron chi connectivity index (χ4n) is 1.89. The lowest BCUT2D eigenvalue weighted by Gasteiger charge is -2.01. The molecule has 2 nitrogen and oxygen atoms in total. The van der Waals surface area contributed by atoms with Crippen molar-refractivity contribution >= 4 is 11.6 Å². The maximum Gasteiger partial charge on any atom is 0.103 e. The van der Waals surface area contributed by atoms with Gasteiger partial charge in [0.15, 0.2) is 0 Å². The molecular formula is C14H17ClN2. The topological polar surface area (TPSA) is 28.7 Å². The Morgan fingerprint density at radius 2 is 1.82 bits per heavy atom. The first kappa shape index (κ1) is 12.2. The largest absolute Gasteiger partial charge is 0.346 e. The lowest BCUT2D eigenvalue weighted by molar-refractivity contribution is 0.724. The molecule has 17 heavy (non-hydrogen) atoms. The van der Waals surface area contributed by atoms with E-state index in [0.29, 0.717) is 0 Å². The van der Waals surface area contributed by atoms with Crippen LogP contribution in [0, 0.1) is 6.92 Å². The van der Waals surface area contributed by atoms with E-state index in [-0.39, 0.29) is 0 Å². The minimum Gasteiger partial charge on any atom is -0.346 e. The lowest BCUT2D eigenvalue weighted by Crippen LogP contribution is -1.89. The number of hydrogen-bond donors (Lipinski definition) is 1. The number of imidazole rings is 1. The van der Waals surface area contributed by atoms with E-state index in [1.165, 1.54) is 24.1 Å². The Balaban J connectivity index is 1.71. The van der Waals surface area contributed by atoms with Gasteiger partial charge < -0.3 is 4.98 Å². The first-order valence-corrected chi connectivity index (χ1v) is 6.37. The summed E-state index contributed by atoms with van der Waals surface area (Å²) in [6.07, 6.45) is 6.50. The molecule has 0 amide bonds. The van der Waals surface area contributed by atoms with Crippen LogP contribution in [0.1, 0.15) is 29.9 Å². The molecule has 0 aliphatic heterocycles. The molecule has 1 aromatic carbocycles. The van der Waals surface area contributed by atoms with Gasteiger partial charge in [-0.2, -0.15) is 0 Å². The maximum absolute atomic E-state index is 5.84. The van der Waals surface area contributed by atoms with E-state index in [0.717, 1.165) is 23.7 Å². The zero-order valence-electron chi connectivity index (χ0n) is 10.0. The summed E-state index contributed by atoms with van der Waals surface area (Å²) in [5.74, 6) is 0.998. The van der Waals surface area contributed by atoms with Crippen LogP contribution in [0.4, 0.5) is 0 Å². The van der Waals surface area contributed by atoms with Crippen molar-refractivity contribution in [2.75, 3.05) is 0 Å². The second-order valence-electron chi connectivity index (χ2n) is 4.33. The van der Waals surface area contributed by atoms with Gasteiger partial charge in [0.05, 0.1) is 0 Å². The van der Waals surface area contributed by atoms with Gasteiger partial charge in [-0.15, -0.1) is 0 Å². The highest BCUT2D eigenvalue weighted by atomic mass is 35.5. The van der Waals surface area contributed by atoms with Crippen molar-refractivity contribution in [3.63, 3.8) is 0 Å². The number of hydrogen-bond acceptors (Lipinski definition) is 1. The number of benzene rings is 1. The molecule has 0 spiro atoms. The Morgan fingerprint density at radius 3 is 2.47 bits per heavy atom. The third-order valence-corrected chi connectivity index (χ3v) is 3.08. The standard InChI is InChI=1S/C14H17ClN2/c1-11-16-10-14(17-11)5-3-2-4-12-6-8-13(15)9-7-12/h6-10H,2-5H2,1H3,(H,16,17). The van der Waals surface area contributed by atoms with Crippen molar-refractivity contribution in [3.05, 3.63) is 52.6 Å². The normalized spacial score (nSPS) is 10.7. The molecule has 90 valence electrons. The van der Waals surface area contributed by atoms with Crippen LogP contribution >= 0.6 is 11.6 Å². The average molecular weight is 249 g/mol.